The molecule has 4 heteroatoms. The Labute approximate surface area is 139 Å². The molecule has 0 fully saturated rings. The summed E-state index contributed by atoms with van der Waals surface area (Å²) in [6.45, 7) is 2.40. The largest absolute Gasteiger partial charge is 0.513 e. The lowest BCUT2D eigenvalue weighted by atomic mass is 10.0. The Bertz CT molecular complexity index is 858. The molecular weight excluding hydrogens is 312 g/mol. The highest BCUT2D eigenvalue weighted by Gasteiger charge is 2.14. The first-order valence-corrected chi connectivity index (χ1v) is 8.02. The van der Waals surface area contributed by atoms with E-state index in [9.17, 15) is 4.79 Å². The van der Waals surface area contributed by atoms with E-state index in [-0.39, 0.29) is 0 Å². The highest BCUT2D eigenvalue weighted by molar-refractivity contribution is 6.31. The van der Waals surface area contributed by atoms with Crippen molar-refractivity contribution < 1.29 is 14.3 Å². The van der Waals surface area contributed by atoms with Crippen LogP contribution in [0.25, 0.3) is 21.5 Å². The van der Waals surface area contributed by atoms with E-state index in [0.717, 1.165) is 34.4 Å². The molecule has 0 aliphatic rings. The summed E-state index contributed by atoms with van der Waals surface area (Å²) in [6.07, 6.45) is 1.11. The van der Waals surface area contributed by atoms with Gasteiger partial charge in [0.25, 0.3) is 0 Å². The van der Waals surface area contributed by atoms with Crippen LogP contribution in [0, 0.1) is 0 Å². The zero-order valence-electron chi connectivity index (χ0n) is 12.8. The van der Waals surface area contributed by atoms with Crippen molar-refractivity contribution in [1.82, 2.24) is 0 Å². The van der Waals surface area contributed by atoms with Gasteiger partial charge in [-0.3, -0.25) is 0 Å². The smallest absolute Gasteiger partial charge is 0.434 e. The molecule has 3 aromatic rings. The predicted octanol–water partition coefficient (Wildman–Crippen LogP) is 5.96. The maximum Gasteiger partial charge on any atom is 0.513 e. The number of benzene rings is 3. The average Bonchev–Trinajstić information content (AvgIpc) is 2.54. The molecule has 118 valence electrons. The minimum atomic E-state index is -0.675. The van der Waals surface area contributed by atoms with Gasteiger partial charge in [0.15, 0.2) is 0 Å². The van der Waals surface area contributed by atoms with Gasteiger partial charge in [0, 0.05) is 15.8 Å². The third-order valence-electron chi connectivity index (χ3n) is 3.68. The number of halogens is 1. The molecule has 0 amide bonds. The Kier molecular flexibility index (Phi) is 4.68. The fourth-order valence-corrected chi connectivity index (χ4v) is 2.71. The highest BCUT2D eigenvalue weighted by Crippen LogP contribution is 2.36. The second-order valence-corrected chi connectivity index (χ2v) is 5.78. The van der Waals surface area contributed by atoms with E-state index in [2.05, 4.69) is 0 Å². The number of hydrogen-bond donors (Lipinski definition) is 0. The molecule has 0 N–H and O–H groups in total. The molecule has 0 spiro atoms. The van der Waals surface area contributed by atoms with Crippen molar-refractivity contribution >= 4 is 39.3 Å². The number of unbranched alkanes of at least 4 members (excludes halogenated alkanes) is 1. The van der Waals surface area contributed by atoms with Crippen molar-refractivity contribution in [1.29, 1.82) is 0 Å². The third-order valence-corrected chi connectivity index (χ3v) is 3.91. The van der Waals surface area contributed by atoms with Crippen LogP contribution < -0.4 is 4.74 Å². The van der Waals surface area contributed by atoms with Crippen LogP contribution in [0.15, 0.2) is 48.5 Å². The van der Waals surface area contributed by atoms with E-state index in [4.69, 9.17) is 21.1 Å². The fraction of sp³-hybridized carbons (Fsp3) is 0.211. The number of fused-ring (bicyclic) bond motifs is 2. The summed E-state index contributed by atoms with van der Waals surface area (Å²) in [5, 5.41) is 4.26. The van der Waals surface area contributed by atoms with Crippen molar-refractivity contribution in [2.75, 3.05) is 6.61 Å². The highest BCUT2D eigenvalue weighted by atomic mass is 35.5. The molecule has 23 heavy (non-hydrogen) atoms. The molecular formula is C19H17ClO3. The van der Waals surface area contributed by atoms with Gasteiger partial charge in [-0.25, -0.2) is 4.79 Å². The summed E-state index contributed by atoms with van der Waals surface area (Å²) in [7, 11) is 0. The third kappa shape index (κ3) is 3.40. The number of rotatable bonds is 4. The molecule has 3 aromatic carbocycles. The lowest BCUT2D eigenvalue weighted by molar-refractivity contribution is 0.0988. The standard InChI is InChI=1S/C19H17ClO3/c1-2-3-10-22-19(21)23-18-16-7-5-4-6-13(16)11-14-12-15(20)8-9-17(14)18/h4-9,11-12H,2-3,10H2,1H3. The molecule has 0 bridgehead atoms. The zero-order chi connectivity index (χ0) is 16.2. The van der Waals surface area contributed by atoms with Gasteiger partial charge in [-0.2, -0.15) is 0 Å². The van der Waals surface area contributed by atoms with Crippen molar-refractivity contribution in [3.8, 4) is 5.75 Å². The monoisotopic (exact) mass is 328 g/mol. The SMILES string of the molecule is CCCCOC(=O)Oc1c2ccccc2cc2cc(Cl)ccc12. The van der Waals surface area contributed by atoms with E-state index in [1.54, 1.807) is 6.07 Å². The van der Waals surface area contributed by atoms with Crippen LogP contribution in [0.3, 0.4) is 0 Å². The van der Waals surface area contributed by atoms with Crippen molar-refractivity contribution in [3.05, 3.63) is 53.6 Å². The first kappa shape index (κ1) is 15.6. The Morgan fingerprint density at radius 3 is 2.65 bits per heavy atom. The predicted molar refractivity (Wildman–Crippen MR) is 93.3 cm³/mol. The molecule has 0 radical (unpaired) electrons. The Morgan fingerprint density at radius 2 is 1.83 bits per heavy atom. The first-order valence-electron chi connectivity index (χ1n) is 7.64. The fourth-order valence-electron chi connectivity index (χ4n) is 2.52. The molecule has 3 nitrogen and oxygen atoms in total. The lowest BCUT2D eigenvalue weighted by Gasteiger charge is -2.12. The molecule has 0 heterocycles. The second kappa shape index (κ2) is 6.88. The van der Waals surface area contributed by atoms with Crippen LogP contribution in [0.4, 0.5) is 4.79 Å². The molecule has 0 saturated carbocycles. The van der Waals surface area contributed by atoms with Crippen LogP contribution >= 0.6 is 11.6 Å². The van der Waals surface area contributed by atoms with E-state index >= 15 is 0 Å². The molecule has 0 saturated heterocycles. The summed E-state index contributed by atoms with van der Waals surface area (Å²) in [5.41, 5.74) is 0. The summed E-state index contributed by atoms with van der Waals surface area (Å²) >= 11 is 6.08. The molecule has 3 rings (SSSR count). The van der Waals surface area contributed by atoms with Crippen LogP contribution in [-0.4, -0.2) is 12.8 Å². The number of ether oxygens (including phenoxy) is 2. The van der Waals surface area contributed by atoms with Crippen molar-refractivity contribution in [2.45, 2.75) is 19.8 Å². The molecule has 0 aromatic heterocycles. The molecule has 0 aliphatic heterocycles. The van der Waals surface area contributed by atoms with Gasteiger partial charge in [-0.15, -0.1) is 0 Å². The summed E-state index contributed by atoms with van der Waals surface area (Å²) in [5.74, 6) is 0.510. The topological polar surface area (TPSA) is 35.5 Å². The molecule has 0 unspecified atom stereocenters. The van der Waals surface area contributed by atoms with Crippen LogP contribution in [-0.2, 0) is 4.74 Å². The van der Waals surface area contributed by atoms with Gasteiger partial charge >= 0.3 is 6.16 Å². The minimum absolute atomic E-state index is 0.365. The Hall–Kier alpha value is -2.26. The molecule has 0 atom stereocenters. The van der Waals surface area contributed by atoms with Gasteiger partial charge in [0.2, 0.25) is 0 Å². The van der Waals surface area contributed by atoms with Gasteiger partial charge in [0.1, 0.15) is 5.75 Å². The van der Waals surface area contributed by atoms with Gasteiger partial charge in [0.05, 0.1) is 6.61 Å². The van der Waals surface area contributed by atoms with Crippen LogP contribution in [0.1, 0.15) is 19.8 Å². The van der Waals surface area contributed by atoms with Gasteiger partial charge in [-0.1, -0.05) is 49.2 Å². The second-order valence-electron chi connectivity index (χ2n) is 5.35. The zero-order valence-corrected chi connectivity index (χ0v) is 13.6. The van der Waals surface area contributed by atoms with Crippen LogP contribution in [0.2, 0.25) is 5.02 Å². The van der Waals surface area contributed by atoms with Crippen LogP contribution in [0.5, 0.6) is 5.75 Å². The quantitative estimate of drug-likeness (QED) is 0.256. The normalized spacial score (nSPS) is 10.9. The lowest BCUT2D eigenvalue weighted by Crippen LogP contribution is -2.11. The summed E-state index contributed by atoms with van der Waals surface area (Å²) in [6, 6.07) is 15.3. The van der Waals surface area contributed by atoms with Gasteiger partial charge in [-0.05, 0) is 41.5 Å². The first-order chi connectivity index (χ1) is 11.2. The van der Waals surface area contributed by atoms with Crippen molar-refractivity contribution in [2.24, 2.45) is 0 Å². The van der Waals surface area contributed by atoms with Crippen molar-refractivity contribution in [3.63, 3.8) is 0 Å². The number of carbonyl (C=O) groups is 1. The van der Waals surface area contributed by atoms with E-state index in [1.165, 1.54) is 0 Å². The number of carbonyl (C=O) groups excluding carboxylic acids is 1. The summed E-state index contributed by atoms with van der Waals surface area (Å²) < 4.78 is 10.6. The minimum Gasteiger partial charge on any atom is -0.434 e. The van der Waals surface area contributed by atoms with E-state index < -0.39 is 6.16 Å². The Morgan fingerprint density at radius 1 is 1.04 bits per heavy atom. The molecule has 0 aliphatic carbocycles. The summed E-state index contributed by atoms with van der Waals surface area (Å²) in [4.78, 5) is 12.0. The maximum absolute atomic E-state index is 12.0. The number of hydrogen-bond acceptors (Lipinski definition) is 3. The van der Waals surface area contributed by atoms with E-state index in [1.807, 2.05) is 49.4 Å². The van der Waals surface area contributed by atoms with Gasteiger partial charge < -0.3 is 9.47 Å². The Balaban J connectivity index is 2.06. The van der Waals surface area contributed by atoms with E-state index in [0.29, 0.717) is 17.4 Å². The maximum atomic E-state index is 12.0. The average molecular weight is 329 g/mol.